The lowest BCUT2D eigenvalue weighted by atomic mass is 9.70. The molecule has 2 amide bonds. The molecule has 0 aromatic heterocycles. The summed E-state index contributed by atoms with van der Waals surface area (Å²) in [4.78, 5) is 41.2. The first-order valence-electron chi connectivity index (χ1n) is 10.9. The number of aliphatic hydroxyl groups excluding tert-OH is 1. The number of nitrogens with one attached hydrogen (secondary N) is 1. The number of esters is 1. The molecule has 7 atom stereocenters. The third kappa shape index (κ3) is 3.56. The number of nitrogens with zero attached hydrogens (tertiary/aromatic N) is 1. The van der Waals surface area contributed by atoms with E-state index in [-0.39, 0.29) is 35.8 Å². The molecule has 0 radical (unpaired) electrons. The van der Waals surface area contributed by atoms with E-state index in [2.05, 4.69) is 21.2 Å². The van der Waals surface area contributed by atoms with Gasteiger partial charge in [-0.1, -0.05) is 43.1 Å². The summed E-state index contributed by atoms with van der Waals surface area (Å²) in [7, 11) is 0. The maximum atomic E-state index is 13.7. The van der Waals surface area contributed by atoms with Gasteiger partial charge in [0.1, 0.15) is 11.6 Å². The molecule has 3 heterocycles. The summed E-state index contributed by atoms with van der Waals surface area (Å²) >= 11 is 3.61. The zero-order valence-corrected chi connectivity index (χ0v) is 19.7. The maximum Gasteiger partial charge on any atom is 0.312 e. The van der Waals surface area contributed by atoms with Crippen molar-refractivity contribution in [3.63, 3.8) is 0 Å². The third-order valence-electron chi connectivity index (χ3n) is 6.68. The highest BCUT2D eigenvalue weighted by Gasteiger charge is 2.77. The van der Waals surface area contributed by atoms with Crippen molar-refractivity contribution < 1.29 is 29.0 Å². The summed E-state index contributed by atoms with van der Waals surface area (Å²) in [5.41, 5.74) is -1.11. The van der Waals surface area contributed by atoms with Crippen molar-refractivity contribution in [1.29, 1.82) is 0 Å². The number of amides is 2. The summed E-state index contributed by atoms with van der Waals surface area (Å²) < 4.78 is 11.6. The van der Waals surface area contributed by atoms with E-state index < -0.39 is 41.6 Å². The Morgan fingerprint density at radius 3 is 2.67 bits per heavy atom. The second-order valence-corrected chi connectivity index (χ2v) is 9.98. The fourth-order valence-corrected chi connectivity index (χ4v) is 6.28. The number of aliphatic hydroxyl groups is 1. The van der Waals surface area contributed by atoms with E-state index in [1.807, 2.05) is 20.8 Å². The maximum absolute atomic E-state index is 13.7. The van der Waals surface area contributed by atoms with Crippen molar-refractivity contribution in [3.8, 4) is 0 Å². The number of ether oxygens (including phenoxy) is 2. The van der Waals surface area contributed by atoms with Crippen molar-refractivity contribution in [2.75, 3.05) is 19.8 Å². The first-order chi connectivity index (χ1) is 14.2. The number of likely N-dealkylation sites (tertiary alicyclic amines) is 1. The van der Waals surface area contributed by atoms with Crippen LogP contribution in [0.2, 0.25) is 0 Å². The molecule has 0 aromatic carbocycles. The third-order valence-corrected chi connectivity index (χ3v) is 7.52. The Balaban J connectivity index is 2.04. The standard InChI is InChI=1S/C21H33BrN2O6/c1-5-7-8-23-18(26)17-21-9-12(22)16(30-21)14(20(28)29-6-2)15(21)19(27)24(17)13(10-25)11(3)4/h11-17,25H,5-10H2,1-4H3,(H,23,26)/t12?,13-,14-,15-,16-,17?,21?/m0/s1. The highest BCUT2D eigenvalue weighted by Crippen LogP contribution is 2.60. The molecule has 9 heteroatoms. The van der Waals surface area contributed by atoms with E-state index in [9.17, 15) is 19.5 Å². The number of hydrogen-bond acceptors (Lipinski definition) is 6. The van der Waals surface area contributed by atoms with E-state index in [0.717, 1.165) is 12.8 Å². The minimum Gasteiger partial charge on any atom is -0.466 e. The molecule has 30 heavy (non-hydrogen) atoms. The molecule has 0 saturated carbocycles. The number of carbonyl (C=O) groups is 3. The molecule has 3 aliphatic heterocycles. The van der Waals surface area contributed by atoms with E-state index in [4.69, 9.17) is 9.47 Å². The van der Waals surface area contributed by atoms with Gasteiger partial charge in [-0.25, -0.2) is 0 Å². The summed E-state index contributed by atoms with van der Waals surface area (Å²) in [6.45, 7) is 8.01. The molecule has 2 N–H and O–H groups in total. The van der Waals surface area contributed by atoms with Crippen LogP contribution in [0.25, 0.3) is 0 Å². The van der Waals surface area contributed by atoms with Gasteiger partial charge in [0.05, 0.1) is 37.2 Å². The molecular weight excluding hydrogens is 456 g/mol. The van der Waals surface area contributed by atoms with Gasteiger partial charge in [-0.15, -0.1) is 0 Å². The van der Waals surface area contributed by atoms with Gasteiger partial charge in [0.15, 0.2) is 0 Å². The topological polar surface area (TPSA) is 105 Å². The lowest BCUT2D eigenvalue weighted by molar-refractivity contribution is -0.155. The lowest BCUT2D eigenvalue weighted by Crippen LogP contribution is -2.59. The van der Waals surface area contributed by atoms with E-state index in [1.165, 1.54) is 4.90 Å². The number of alkyl halides is 1. The number of carbonyl (C=O) groups excluding carboxylic acids is 3. The number of unbranched alkanes of at least 4 members (excludes halogenated alkanes) is 1. The SMILES string of the molecule is CCCCNC(=O)C1N([C@@H](CO)C(C)C)C(=O)[C@@H]2[C@H](C(=O)OCC)[C@H]3OC12CC3Br. The van der Waals surface area contributed by atoms with Crippen molar-refractivity contribution in [3.05, 3.63) is 0 Å². The molecule has 1 spiro atoms. The van der Waals surface area contributed by atoms with Crippen molar-refractivity contribution >= 4 is 33.7 Å². The minimum absolute atomic E-state index is 0.0712. The zero-order chi connectivity index (χ0) is 22.2. The lowest BCUT2D eigenvalue weighted by Gasteiger charge is -2.38. The monoisotopic (exact) mass is 488 g/mol. The van der Waals surface area contributed by atoms with Gasteiger partial charge in [-0.3, -0.25) is 14.4 Å². The number of fused-ring (bicyclic) bond motifs is 1. The predicted octanol–water partition coefficient (Wildman–Crippen LogP) is 1.23. The first kappa shape index (κ1) is 23.5. The molecule has 3 aliphatic rings. The van der Waals surface area contributed by atoms with Gasteiger partial charge in [0, 0.05) is 11.4 Å². The molecule has 3 unspecified atom stereocenters. The summed E-state index contributed by atoms with van der Waals surface area (Å²) in [6, 6.07) is -1.44. The summed E-state index contributed by atoms with van der Waals surface area (Å²) in [6.07, 6.45) is 1.69. The molecular formula is C21H33BrN2O6. The van der Waals surface area contributed by atoms with E-state index in [1.54, 1.807) is 6.92 Å². The fourth-order valence-electron chi connectivity index (χ4n) is 5.34. The van der Waals surface area contributed by atoms with Gasteiger partial charge in [-0.05, 0) is 25.7 Å². The Morgan fingerprint density at radius 2 is 2.10 bits per heavy atom. The Kier molecular flexibility index (Phi) is 7.14. The van der Waals surface area contributed by atoms with Gasteiger partial charge >= 0.3 is 5.97 Å². The second-order valence-electron chi connectivity index (χ2n) is 8.80. The molecule has 2 bridgehead atoms. The quantitative estimate of drug-likeness (QED) is 0.287. The first-order valence-corrected chi connectivity index (χ1v) is 11.9. The highest BCUT2D eigenvalue weighted by atomic mass is 79.9. The minimum atomic E-state index is -1.11. The summed E-state index contributed by atoms with van der Waals surface area (Å²) in [5.74, 6) is -2.69. The Morgan fingerprint density at radius 1 is 1.40 bits per heavy atom. The van der Waals surface area contributed by atoms with Gasteiger partial charge < -0.3 is 24.8 Å². The van der Waals surface area contributed by atoms with E-state index >= 15 is 0 Å². The van der Waals surface area contributed by atoms with Crippen molar-refractivity contribution in [1.82, 2.24) is 10.2 Å². The van der Waals surface area contributed by atoms with Crippen LogP contribution in [0, 0.1) is 17.8 Å². The van der Waals surface area contributed by atoms with E-state index in [0.29, 0.717) is 13.0 Å². The molecule has 8 nitrogen and oxygen atoms in total. The normalized spacial score (nSPS) is 35.6. The van der Waals surface area contributed by atoms with Crippen LogP contribution in [-0.2, 0) is 23.9 Å². The van der Waals surface area contributed by atoms with Crippen molar-refractivity contribution in [2.45, 2.75) is 75.6 Å². The van der Waals surface area contributed by atoms with Crippen LogP contribution in [0.5, 0.6) is 0 Å². The zero-order valence-electron chi connectivity index (χ0n) is 18.1. The van der Waals surface area contributed by atoms with Crippen LogP contribution in [0.15, 0.2) is 0 Å². The van der Waals surface area contributed by atoms with Crippen LogP contribution < -0.4 is 5.32 Å². The molecule has 0 aliphatic carbocycles. The number of halogens is 1. The van der Waals surface area contributed by atoms with Gasteiger partial charge in [0.25, 0.3) is 0 Å². The second kappa shape index (κ2) is 9.12. The number of hydrogen-bond donors (Lipinski definition) is 2. The Labute approximate surface area is 186 Å². The van der Waals surface area contributed by atoms with Crippen LogP contribution >= 0.6 is 15.9 Å². The predicted molar refractivity (Wildman–Crippen MR) is 113 cm³/mol. The molecule has 0 aromatic rings. The molecule has 3 saturated heterocycles. The smallest absolute Gasteiger partial charge is 0.312 e. The molecule has 3 rings (SSSR count). The Hall–Kier alpha value is -1.19. The van der Waals surface area contributed by atoms with Gasteiger partial charge in [-0.2, -0.15) is 0 Å². The highest BCUT2D eigenvalue weighted by molar-refractivity contribution is 9.09. The van der Waals surface area contributed by atoms with Crippen LogP contribution in [0.4, 0.5) is 0 Å². The van der Waals surface area contributed by atoms with Crippen LogP contribution in [0.3, 0.4) is 0 Å². The van der Waals surface area contributed by atoms with Crippen LogP contribution in [0.1, 0.15) is 47.0 Å². The number of rotatable bonds is 9. The van der Waals surface area contributed by atoms with Crippen molar-refractivity contribution in [2.24, 2.45) is 17.8 Å². The largest absolute Gasteiger partial charge is 0.466 e. The van der Waals surface area contributed by atoms with Gasteiger partial charge in [0.2, 0.25) is 11.8 Å². The molecule has 3 fully saturated rings. The molecule has 170 valence electrons. The van der Waals surface area contributed by atoms with Crippen LogP contribution in [-0.4, -0.2) is 76.2 Å². The average molecular weight is 489 g/mol. The average Bonchev–Trinajstić information content (AvgIpc) is 3.27. The summed E-state index contributed by atoms with van der Waals surface area (Å²) in [5, 5.41) is 13.0. The fraction of sp³-hybridized carbons (Fsp3) is 0.857. The Bertz CT molecular complexity index is 688.